The molecule has 2 nitrogen and oxygen atoms in total. The molecule has 126 valence electrons. The Kier molecular flexibility index (Phi) is 4.56. The van der Waals surface area contributed by atoms with Crippen LogP contribution in [0.2, 0.25) is 5.02 Å². The Hall–Kier alpha value is -1.07. The summed E-state index contributed by atoms with van der Waals surface area (Å²) in [5, 5.41) is 0.753. The lowest BCUT2D eigenvalue weighted by molar-refractivity contribution is 0.109. The zero-order chi connectivity index (χ0) is 16.7. The van der Waals surface area contributed by atoms with Crippen molar-refractivity contribution in [2.45, 2.75) is 22.3 Å². The number of halogens is 2. The van der Waals surface area contributed by atoms with Gasteiger partial charge in [-0.2, -0.15) is 0 Å². The van der Waals surface area contributed by atoms with E-state index in [1.807, 2.05) is 18.2 Å². The first-order valence-corrected chi connectivity index (χ1v) is 9.48. The molecule has 0 N–H and O–H groups in total. The first-order valence-electron chi connectivity index (χ1n) is 8.28. The van der Waals surface area contributed by atoms with Crippen LogP contribution in [0.15, 0.2) is 46.2 Å². The minimum atomic E-state index is -0.155. The van der Waals surface area contributed by atoms with Gasteiger partial charge in [0.05, 0.1) is 0 Å². The molecule has 2 aliphatic heterocycles. The van der Waals surface area contributed by atoms with E-state index < -0.39 is 0 Å². The van der Waals surface area contributed by atoms with Crippen molar-refractivity contribution >= 4 is 23.4 Å². The first-order chi connectivity index (χ1) is 11.6. The maximum Gasteiger partial charge on any atom is 0.123 e. The second-order valence-electron chi connectivity index (χ2n) is 6.60. The smallest absolute Gasteiger partial charge is 0.123 e. The number of hydrogen-bond acceptors (Lipinski definition) is 3. The van der Waals surface area contributed by atoms with Crippen molar-refractivity contribution in [3.8, 4) is 0 Å². The van der Waals surface area contributed by atoms with Gasteiger partial charge >= 0.3 is 0 Å². The molecule has 0 spiro atoms. The lowest BCUT2D eigenvalue weighted by atomic mass is 9.96. The zero-order valence-corrected chi connectivity index (χ0v) is 15.2. The molecule has 1 atom stereocenters. The van der Waals surface area contributed by atoms with Crippen LogP contribution in [0, 0.1) is 5.82 Å². The van der Waals surface area contributed by atoms with E-state index in [-0.39, 0.29) is 11.9 Å². The fourth-order valence-corrected chi connectivity index (χ4v) is 4.95. The Bertz CT molecular complexity index is 759. The Balaban J connectivity index is 1.77. The number of fused-ring (bicyclic) bond motifs is 2. The molecule has 0 radical (unpaired) electrons. The van der Waals surface area contributed by atoms with Crippen LogP contribution < -0.4 is 0 Å². The molecule has 2 aromatic carbocycles. The van der Waals surface area contributed by atoms with Gasteiger partial charge in [0.2, 0.25) is 0 Å². The highest BCUT2D eigenvalue weighted by Gasteiger charge is 2.29. The van der Waals surface area contributed by atoms with Crippen LogP contribution in [0.1, 0.15) is 17.2 Å². The summed E-state index contributed by atoms with van der Waals surface area (Å²) < 4.78 is 14.0. The summed E-state index contributed by atoms with van der Waals surface area (Å²) in [6.45, 7) is 4.15. The second kappa shape index (κ2) is 6.68. The summed E-state index contributed by atoms with van der Waals surface area (Å²) in [5.41, 5.74) is 2.40. The largest absolute Gasteiger partial charge is 0.304 e. The van der Waals surface area contributed by atoms with E-state index in [4.69, 9.17) is 11.6 Å². The van der Waals surface area contributed by atoms with Gasteiger partial charge in [-0.05, 0) is 54.9 Å². The molecule has 2 aliphatic rings. The van der Waals surface area contributed by atoms with E-state index in [2.05, 4.69) is 22.9 Å². The van der Waals surface area contributed by atoms with Crippen LogP contribution in [0.25, 0.3) is 0 Å². The highest BCUT2D eigenvalue weighted by molar-refractivity contribution is 7.99. The topological polar surface area (TPSA) is 6.48 Å². The second-order valence-corrected chi connectivity index (χ2v) is 8.12. The van der Waals surface area contributed by atoms with Gasteiger partial charge < -0.3 is 4.90 Å². The molecular formula is C19H20ClFN2S. The van der Waals surface area contributed by atoms with Crippen molar-refractivity contribution < 1.29 is 4.39 Å². The molecule has 2 heterocycles. The molecule has 0 amide bonds. The quantitative estimate of drug-likeness (QED) is 0.738. The fourth-order valence-electron chi connectivity index (χ4n) is 3.56. The van der Waals surface area contributed by atoms with Crippen molar-refractivity contribution in [1.82, 2.24) is 9.80 Å². The van der Waals surface area contributed by atoms with Crippen LogP contribution >= 0.6 is 23.4 Å². The Morgan fingerprint density at radius 3 is 2.62 bits per heavy atom. The molecule has 0 aliphatic carbocycles. The third-order valence-electron chi connectivity index (χ3n) is 4.97. The van der Waals surface area contributed by atoms with Crippen LogP contribution in [0.5, 0.6) is 0 Å². The summed E-state index contributed by atoms with van der Waals surface area (Å²) in [7, 11) is 2.16. The van der Waals surface area contributed by atoms with Crippen molar-refractivity contribution in [2.24, 2.45) is 0 Å². The van der Waals surface area contributed by atoms with Crippen LogP contribution in [0.4, 0.5) is 4.39 Å². The molecule has 1 fully saturated rings. The van der Waals surface area contributed by atoms with E-state index in [0.717, 1.165) is 48.1 Å². The monoisotopic (exact) mass is 362 g/mol. The van der Waals surface area contributed by atoms with Crippen LogP contribution in [-0.4, -0.2) is 43.0 Å². The van der Waals surface area contributed by atoms with E-state index in [1.54, 1.807) is 23.9 Å². The van der Waals surface area contributed by atoms with E-state index in [0.29, 0.717) is 0 Å². The van der Waals surface area contributed by atoms with Gasteiger partial charge in [0.15, 0.2) is 0 Å². The Morgan fingerprint density at radius 2 is 1.83 bits per heavy atom. The summed E-state index contributed by atoms with van der Waals surface area (Å²) in [6.07, 6.45) is 0.902. The summed E-state index contributed by atoms with van der Waals surface area (Å²) in [5.74, 6) is -0.155. The van der Waals surface area contributed by atoms with E-state index in [1.165, 1.54) is 10.5 Å². The minimum Gasteiger partial charge on any atom is -0.304 e. The molecular weight excluding hydrogens is 343 g/mol. The van der Waals surface area contributed by atoms with Gasteiger partial charge in [-0.15, -0.1) is 0 Å². The SMILES string of the molecule is CN1CCN([C@@H]2Cc3ccc(Cl)cc3Sc3ccc(F)cc32)CC1. The van der Waals surface area contributed by atoms with Crippen LogP contribution in [-0.2, 0) is 6.42 Å². The number of hydrogen-bond donors (Lipinski definition) is 0. The van der Waals surface area contributed by atoms with Gasteiger partial charge in [0, 0.05) is 47.0 Å². The molecule has 24 heavy (non-hydrogen) atoms. The van der Waals surface area contributed by atoms with Crippen molar-refractivity contribution in [2.75, 3.05) is 33.2 Å². The lowest BCUT2D eigenvalue weighted by Crippen LogP contribution is -2.46. The minimum absolute atomic E-state index is 0.155. The predicted octanol–water partition coefficient (Wildman–Crippen LogP) is 4.47. The summed E-state index contributed by atoms with van der Waals surface area (Å²) >= 11 is 7.90. The third kappa shape index (κ3) is 3.21. The van der Waals surface area contributed by atoms with E-state index in [9.17, 15) is 4.39 Å². The molecule has 2 aromatic rings. The standard InChI is InChI=1S/C19H20ClFN2S/c1-22-6-8-23(9-7-22)17-10-13-2-3-14(20)11-19(13)24-18-5-4-15(21)12-16(17)18/h2-5,11-12,17H,6-10H2,1H3/t17-/m1/s1. The number of piperazine rings is 1. The summed E-state index contributed by atoms with van der Waals surface area (Å²) in [4.78, 5) is 7.18. The molecule has 0 unspecified atom stereocenters. The van der Waals surface area contributed by atoms with Crippen molar-refractivity contribution in [1.29, 1.82) is 0 Å². The summed E-state index contributed by atoms with van der Waals surface area (Å²) in [6, 6.07) is 11.5. The average molecular weight is 363 g/mol. The third-order valence-corrected chi connectivity index (χ3v) is 6.40. The molecule has 1 saturated heterocycles. The highest BCUT2D eigenvalue weighted by atomic mass is 35.5. The molecule has 5 heteroatoms. The highest BCUT2D eigenvalue weighted by Crippen LogP contribution is 2.44. The Morgan fingerprint density at radius 1 is 1.04 bits per heavy atom. The lowest BCUT2D eigenvalue weighted by Gasteiger charge is -2.38. The number of nitrogens with zero attached hydrogens (tertiary/aromatic N) is 2. The van der Waals surface area contributed by atoms with Crippen molar-refractivity contribution in [3.63, 3.8) is 0 Å². The van der Waals surface area contributed by atoms with Gasteiger partial charge in [-0.25, -0.2) is 4.39 Å². The molecule has 0 saturated carbocycles. The molecule has 0 bridgehead atoms. The predicted molar refractivity (Wildman–Crippen MR) is 97.5 cm³/mol. The molecule has 0 aromatic heterocycles. The van der Waals surface area contributed by atoms with Gasteiger partial charge in [0.1, 0.15) is 5.82 Å². The molecule has 4 rings (SSSR count). The fraction of sp³-hybridized carbons (Fsp3) is 0.368. The zero-order valence-electron chi connectivity index (χ0n) is 13.6. The average Bonchev–Trinajstić information content (AvgIpc) is 2.72. The van der Waals surface area contributed by atoms with Gasteiger partial charge in [0.25, 0.3) is 0 Å². The number of rotatable bonds is 1. The number of likely N-dealkylation sites (N-methyl/N-ethyl adjacent to an activating group) is 1. The van der Waals surface area contributed by atoms with Gasteiger partial charge in [-0.3, -0.25) is 4.90 Å². The number of benzene rings is 2. The van der Waals surface area contributed by atoms with Crippen LogP contribution in [0.3, 0.4) is 0 Å². The maximum atomic E-state index is 14.0. The normalized spacial score (nSPS) is 21.9. The Labute approximate surface area is 151 Å². The first kappa shape index (κ1) is 16.4. The van der Waals surface area contributed by atoms with Gasteiger partial charge in [-0.1, -0.05) is 29.4 Å². The maximum absolute atomic E-state index is 14.0. The van der Waals surface area contributed by atoms with E-state index >= 15 is 0 Å². The van der Waals surface area contributed by atoms with Crippen molar-refractivity contribution in [3.05, 3.63) is 58.4 Å².